The van der Waals surface area contributed by atoms with E-state index in [9.17, 15) is 9.18 Å². The molecule has 0 spiro atoms. The van der Waals surface area contributed by atoms with E-state index in [1.165, 1.54) is 29.8 Å². The maximum atomic E-state index is 13.2. The van der Waals surface area contributed by atoms with Gasteiger partial charge in [0.15, 0.2) is 5.13 Å². The van der Waals surface area contributed by atoms with E-state index >= 15 is 0 Å². The molecule has 0 saturated carbocycles. The lowest BCUT2D eigenvalue weighted by Crippen LogP contribution is -2.50. The lowest BCUT2D eigenvalue weighted by molar-refractivity contribution is -0.142. The first-order valence-electron chi connectivity index (χ1n) is 9.69. The lowest BCUT2D eigenvalue weighted by atomic mass is 10.0. The summed E-state index contributed by atoms with van der Waals surface area (Å²) in [6.07, 6.45) is 4.98. The van der Waals surface area contributed by atoms with Gasteiger partial charge >= 0.3 is 5.97 Å². The first kappa shape index (κ1) is 19.3. The molecule has 0 unspecified atom stereocenters. The van der Waals surface area contributed by atoms with Gasteiger partial charge in [-0.15, -0.1) is 0 Å². The second-order valence-corrected chi connectivity index (χ2v) is 8.30. The number of rotatable bonds is 5. The molecule has 2 aromatic carbocycles. The Hall–Kier alpha value is -3.65. The Kier molecular flexibility index (Phi) is 4.91. The number of aliphatic carboxylic acids is 1. The van der Waals surface area contributed by atoms with E-state index < -0.39 is 5.97 Å². The number of aromatic nitrogens is 3. The lowest BCUT2D eigenvalue weighted by Gasteiger charge is -2.36. The van der Waals surface area contributed by atoms with Crippen LogP contribution in [0.25, 0.3) is 32.8 Å². The van der Waals surface area contributed by atoms with Crippen molar-refractivity contribution in [2.45, 2.75) is 0 Å². The fraction of sp³-hybridized carbons (Fsp3) is 0.130. The molecular weight excluding hydrogens is 415 g/mol. The number of carboxylic acid groups (broad SMARTS) is 1. The zero-order valence-corrected chi connectivity index (χ0v) is 17.1. The second kappa shape index (κ2) is 7.88. The van der Waals surface area contributed by atoms with Crippen molar-refractivity contribution in [2.75, 3.05) is 18.0 Å². The van der Waals surface area contributed by atoms with Crippen molar-refractivity contribution in [3.8, 4) is 32.8 Å². The maximum absolute atomic E-state index is 13.2. The van der Waals surface area contributed by atoms with Crippen molar-refractivity contribution in [3.05, 3.63) is 73.1 Å². The third-order valence-corrected chi connectivity index (χ3v) is 6.44. The number of halogens is 1. The first-order chi connectivity index (χ1) is 15.1. The van der Waals surface area contributed by atoms with Crippen molar-refractivity contribution in [2.24, 2.45) is 5.92 Å². The monoisotopic (exact) mass is 432 g/mol. The Bertz CT molecular complexity index is 1220. The third-order valence-electron chi connectivity index (χ3n) is 5.28. The number of hydrogen-bond donors (Lipinski definition) is 1. The van der Waals surface area contributed by atoms with Gasteiger partial charge in [0.2, 0.25) is 0 Å². The van der Waals surface area contributed by atoms with Crippen LogP contribution >= 0.6 is 11.3 Å². The van der Waals surface area contributed by atoms with Crippen LogP contribution < -0.4 is 4.90 Å². The summed E-state index contributed by atoms with van der Waals surface area (Å²) in [5, 5.41) is 9.95. The highest BCUT2D eigenvalue weighted by molar-refractivity contribution is 7.19. The van der Waals surface area contributed by atoms with Gasteiger partial charge in [-0.05, 0) is 23.3 Å². The second-order valence-electron chi connectivity index (χ2n) is 7.33. The van der Waals surface area contributed by atoms with Gasteiger partial charge in [0.1, 0.15) is 12.1 Å². The molecule has 0 bridgehead atoms. The molecule has 1 saturated heterocycles. The van der Waals surface area contributed by atoms with E-state index in [4.69, 9.17) is 10.1 Å². The van der Waals surface area contributed by atoms with Crippen molar-refractivity contribution in [1.82, 2.24) is 15.0 Å². The number of benzene rings is 2. The zero-order chi connectivity index (χ0) is 21.4. The average Bonchev–Trinajstić information content (AvgIpc) is 3.19. The fourth-order valence-electron chi connectivity index (χ4n) is 3.51. The van der Waals surface area contributed by atoms with Gasteiger partial charge in [-0.1, -0.05) is 47.7 Å². The summed E-state index contributed by atoms with van der Waals surface area (Å²) in [5.41, 5.74) is 4.51. The normalized spacial score (nSPS) is 13.8. The van der Waals surface area contributed by atoms with Gasteiger partial charge in [-0.2, -0.15) is 0 Å². The Labute approximate surface area is 181 Å². The molecule has 1 N–H and O–H groups in total. The Morgan fingerprint density at radius 3 is 2.13 bits per heavy atom. The minimum atomic E-state index is -0.777. The van der Waals surface area contributed by atoms with Gasteiger partial charge < -0.3 is 10.0 Å². The van der Waals surface area contributed by atoms with Crippen molar-refractivity contribution >= 4 is 22.4 Å². The average molecular weight is 432 g/mol. The molecule has 31 heavy (non-hydrogen) atoms. The summed E-state index contributed by atoms with van der Waals surface area (Å²) in [4.78, 5) is 27.2. The maximum Gasteiger partial charge on any atom is 0.310 e. The molecule has 6 nitrogen and oxygen atoms in total. The van der Waals surface area contributed by atoms with Crippen LogP contribution in [0.2, 0.25) is 0 Å². The van der Waals surface area contributed by atoms with E-state index in [1.807, 2.05) is 29.2 Å². The molecule has 3 heterocycles. The fourth-order valence-corrected chi connectivity index (χ4v) is 4.59. The van der Waals surface area contributed by atoms with Crippen molar-refractivity contribution < 1.29 is 14.3 Å². The molecule has 1 aliphatic rings. The summed E-state index contributed by atoms with van der Waals surface area (Å²) >= 11 is 1.51. The molecule has 0 atom stereocenters. The summed E-state index contributed by atoms with van der Waals surface area (Å²) in [6, 6.07) is 14.3. The van der Waals surface area contributed by atoms with E-state index in [-0.39, 0.29) is 11.7 Å². The molecule has 1 aliphatic heterocycles. The topological polar surface area (TPSA) is 79.2 Å². The van der Waals surface area contributed by atoms with Crippen LogP contribution in [0.3, 0.4) is 0 Å². The van der Waals surface area contributed by atoms with Crippen molar-refractivity contribution in [1.29, 1.82) is 0 Å². The quantitative estimate of drug-likeness (QED) is 0.497. The van der Waals surface area contributed by atoms with Gasteiger partial charge in [0.25, 0.3) is 0 Å². The van der Waals surface area contributed by atoms with Gasteiger partial charge in [0, 0.05) is 36.6 Å². The number of carboxylic acids is 1. The molecule has 0 aliphatic carbocycles. The highest BCUT2D eigenvalue weighted by Crippen LogP contribution is 2.42. The Morgan fingerprint density at radius 1 is 0.935 bits per heavy atom. The number of hydrogen-bond acceptors (Lipinski definition) is 6. The highest BCUT2D eigenvalue weighted by Gasteiger charge is 2.35. The van der Waals surface area contributed by atoms with Crippen LogP contribution in [-0.4, -0.2) is 39.1 Å². The molecule has 8 heteroatoms. The third kappa shape index (κ3) is 3.77. The minimum absolute atomic E-state index is 0.263. The van der Waals surface area contributed by atoms with Crippen LogP contribution in [0.15, 0.2) is 67.3 Å². The Morgan fingerprint density at radius 2 is 1.52 bits per heavy atom. The van der Waals surface area contributed by atoms with E-state index in [2.05, 4.69) is 9.97 Å². The summed E-state index contributed by atoms with van der Waals surface area (Å²) in [5.74, 6) is -1.40. The summed E-state index contributed by atoms with van der Waals surface area (Å²) in [6.45, 7) is 0.910. The van der Waals surface area contributed by atoms with Crippen LogP contribution in [0.4, 0.5) is 9.52 Å². The summed E-state index contributed by atoms with van der Waals surface area (Å²) < 4.78 is 13.2. The number of carbonyl (C=O) groups is 1. The Balaban J connectivity index is 1.50. The molecule has 154 valence electrons. The van der Waals surface area contributed by atoms with E-state index in [0.29, 0.717) is 13.1 Å². The highest BCUT2D eigenvalue weighted by atomic mass is 32.1. The number of anilines is 1. The van der Waals surface area contributed by atoms with Gasteiger partial charge in [0.05, 0.1) is 16.5 Å². The molecule has 0 amide bonds. The van der Waals surface area contributed by atoms with Gasteiger partial charge in [-0.25, -0.2) is 19.3 Å². The smallest absolute Gasteiger partial charge is 0.310 e. The van der Waals surface area contributed by atoms with Crippen LogP contribution in [0.5, 0.6) is 0 Å². The van der Waals surface area contributed by atoms with E-state index in [0.717, 1.165) is 38.0 Å². The predicted octanol–water partition coefficient (Wildman–Crippen LogP) is 4.59. The zero-order valence-electron chi connectivity index (χ0n) is 16.3. The SMILES string of the molecule is O=C(O)C1CN(c2nc(-c3ccc(-c4ccc(F)cc4)cc3)c(-c3cncnc3)s2)C1. The summed E-state index contributed by atoms with van der Waals surface area (Å²) in [7, 11) is 0. The first-order valence-corrected chi connectivity index (χ1v) is 10.5. The van der Waals surface area contributed by atoms with Crippen molar-refractivity contribution in [3.63, 3.8) is 0 Å². The van der Waals surface area contributed by atoms with Crippen LogP contribution in [0.1, 0.15) is 0 Å². The minimum Gasteiger partial charge on any atom is -0.481 e. The molecular formula is C23H17FN4O2S. The largest absolute Gasteiger partial charge is 0.481 e. The molecule has 0 radical (unpaired) electrons. The number of thiazole rings is 1. The number of nitrogens with zero attached hydrogens (tertiary/aromatic N) is 4. The predicted molar refractivity (Wildman–Crippen MR) is 117 cm³/mol. The van der Waals surface area contributed by atoms with Gasteiger partial charge in [-0.3, -0.25) is 4.79 Å². The van der Waals surface area contributed by atoms with E-state index in [1.54, 1.807) is 24.5 Å². The molecule has 1 fully saturated rings. The molecule has 5 rings (SSSR count). The molecule has 2 aromatic heterocycles. The van der Waals surface area contributed by atoms with Crippen LogP contribution in [-0.2, 0) is 4.79 Å². The molecule has 4 aromatic rings. The van der Waals surface area contributed by atoms with Crippen LogP contribution in [0, 0.1) is 11.7 Å². The standard InChI is InChI=1S/C23H17FN4O2S/c24-19-7-5-15(6-8-19)14-1-3-16(4-2-14)20-21(17-9-25-13-26-10-17)31-23(27-20)28-11-18(12-28)22(29)30/h1-10,13,18H,11-12H2,(H,29,30).